The highest BCUT2D eigenvalue weighted by Crippen LogP contribution is 2.17. The molecule has 0 aliphatic heterocycles. The van der Waals surface area contributed by atoms with Crippen LogP contribution in [0.3, 0.4) is 0 Å². The zero-order valence-corrected chi connectivity index (χ0v) is 14.7. The maximum Gasteiger partial charge on any atom is 0.0294 e. The summed E-state index contributed by atoms with van der Waals surface area (Å²) in [4.78, 5) is 0. The van der Waals surface area contributed by atoms with Crippen molar-refractivity contribution >= 4 is 15.9 Å². The topological polar surface area (TPSA) is 12.0 Å². The molecule has 2 rings (SSSR count). The van der Waals surface area contributed by atoms with E-state index >= 15 is 0 Å². The summed E-state index contributed by atoms with van der Waals surface area (Å²) in [5.41, 5.74) is 4.08. The van der Waals surface area contributed by atoms with Crippen LogP contribution in [0.2, 0.25) is 0 Å². The first-order valence-electron chi connectivity index (χ1n) is 7.61. The van der Waals surface area contributed by atoms with Crippen LogP contribution in [0.15, 0.2) is 53.0 Å². The van der Waals surface area contributed by atoms with Crippen LogP contribution in [0.5, 0.6) is 0 Å². The zero-order valence-electron chi connectivity index (χ0n) is 13.1. The van der Waals surface area contributed by atoms with Gasteiger partial charge in [-0.1, -0.05) is 66.2 Å². The summed E-state index contributed by atoms with van der Waals surface area (Å²) >= 11 is 3.47. The van der Waals surface area contributed by atoms with Crippen molar-refractivity contribution in [2.45, 2.75) is 39.8 Å². The predicted molar refractivity (Wildman–Crippen MR) is 94.4 cm³/mol. The van der Waals surface area contributed by atoms with E-state index in [0.717, 1.165) is 17.4 Å². The van der Waals surface area contributed by atoms with Gasteiger partial charge in [-0.3, -0.25) is 0 Å². The van der Waals surface area contributed by atoms with Crippen LogP contribution in [0.4, 0.5) is 0 Å². The fraction of sp³-hybridized carbons (Fsp3) is 0.368. The Morgan fingerprint density at radius 3 is 2.00 bits per heavy atom. The van der Waals surface area contributed by atoms with Gasteiger partial charge in [0.05, 0.1) is 0 Å². The average molecular weight is 346 g/mol. The Hall–Kier alpha value is -1.12. The molecular weight excluding hydrogens is 322 g/mol. The van der Waals surface area contributed by atoms with Gasteiger partial charge in [0.1, 0.15) is 0 Å². The molecule has 0 aliphatic rings. The molecule has 0 heterocycles. The smallest absolute Gasteiger partial charge is 0.0294 e. The Bertz CT molecular complexity index is 543. The number of hydrogen-bond acceptors (Lipinski definition) is 1. The number of nitrogens with one attached hydrogen (secondary N) is 1. The molecule has 2 aromatic rings. The predicted octanol–water partition coefficient (Wildman–Crippen LogP) is 5.50. The average Bonchev–Trinajstić information content (AvgIpc) is 2.46. The van der Waals surface area contributed by atoms with E-state index in [1.54, 1.807) is 0 Å². The quantitative estimate of drug-likeness (QED) is 0.728. The number of rotatable bonds is 6. The molecule has 0 aliphatic carbocycles. The third-order valence-electron chi connectivity index (χ3n) is 3.65. The van der Waals surface area contributed by atoms with Gasteiger partial charge >= 0.3 is 0 Å². The third-order valence-corrected chi connectivity index (χ3v) is 4.18. The molecule has 0 bridgehead atoms. The first-order chi connectivity index (χ1) is 10.0. The van der Waals surface area contributed by atoms with E-state index in [1.807, 2.05) is 0 Å². The molecule has 1 nitrogen and oxygen atoms in total. The Kier molecular flexibility index (Phi) is 6.01. The monoisotopic (exact) mass is 345 g/mol. The van der Waals surface area contributed by atoms with Crippen LogP contribution >= 0.6 is 15.9 Å². The molecule has 1 N–H and O–H groups in total. The third kappa shape index (κ3) is 5.29. The molecule has 2 aromatic carbocycles. The lowest BCUT2D eigenvalue weighted by molar-refractivity contribution is 0.574. The molecule has 2 heteroatoms. The maximum absolute atomic E-state index is 3.58. The van der Waals surface area contributed by atoms with Crippen molar-refractivity contribution in [1.82, 2.24) is 5.32 Å². The Morgan fingerprint density at radius 2 is 1.43 bits per heavy atom. The first-order valence-corrected chi connectivity index (χ1v) is 8.40. The summed E-state index contributed by atoms with van der Waals surface area (Å²) in [6.07, 6.45) is 1.15. The lowest BCUT2D eigenvalue weighted by Gasteiger charge is -2.15. The Balaban J connectivity index is 1.90. The van der Waals surface area contributed by atoms with Crippen LogP contribution in [-0.2, 0) is 13.0 Å². The van der Waals surface area contributed by atoms with Gasteiger partial charge in [-0.25, -0.2) is 0 Å². The number of benzene rings is 2. The van der Waals surface area contributed by atoms with E-state index in [0.29, 0.717) is 12.0 Å². The van der Waals surface area contributed by atoms with Crippen molar-refractivity contribution in [2.24, 2.45) is 5.92 Å². The van der Waals surface area contributed by atoms with Gasteiger partial charge in [-0.05, 0) is 48.1 Å². The van der Waals surface area contributed by atoms with Gasteiger partial charge in [0.15, 0.2) is 0 Å². The molecule has 0 fully saturated rings. The zero-order chi connectivity index (χ0) is 15.2. The number of hydrogen-bond donors (Lipinski definition) is 1. The minimum absolute atomic E-state index is 0.363. The van der Waals surface area contributed by atoms with Crippen molar-refractivity contribution in [3.63, 3.8) is 0 Å². The number of halogens is 1. The molecule has 0 amide bonds. The summed E-state index contributed by atoms with van der Waals surface area (Å²) in [6.45, 7) is 7.63. The molecule has 0 spiro atoms. The standard InChI is InChI=1S/C19H24BrN/c1-14(2)12-16-4-8-18(9-5-16)15(3)21-13-17-6-10-19(20)11-7-17/h4-11,14-15,21H,12-13H2,1-3H3. The minimum atomic E-state index is 0.363. The van der Waals surface area contributed by atoms with Crippen molar-refractivity contribution in [3.8, 4) is 0 Å². The lowest BCUT2D eigenvalue weighted by atomic mass is 10.00. The summed E-state index contributed by atoms with van der Waals surface area (Å²) < 4.78 is 1.13. The summed E-state index contributed by atoms with van der Waals surface area (Å²) in [6, 6.07) is 17.8. The van der Waals surface area contributed by atoms with E-state index in [1.165, 1.54) is 16.7 Å². The van der Waals surface area contributed by atoms with E-state index in [2.05, 4.69) is 90.5 Å². The molecule has 0 saturated heterocycles. The largest absolute Gasteiger partial charge is 0.306 e. The first kappa shape index (κ1) is 16.3. The molecule has 0 radical (unpaired) electrons. The van der Waals surface area contributed by atoms with Gasteiger partial charge in [-0.15, -0.1) is 0 Å². The van der Waals surface area contributed by atoms with Crippen molar-refractivity contribution in [3.05, 3.63) is 69.7 Å². The molecule has 0 saturated carbocycles. The van der Waals surface area contributed by atoms with Crippen LogP contribution in [0.1, 0.15) is 43.5 Å². The van der Waals surface area contributed by atoms with E-state index in [9.17, 15) is 0 Å². The normalized spacial score (nSPS) is 12.6. The fourth-order valence-corrected chi connectivity index (χ4v) is 2.67. The maximum atomic E-state index is 3.58. The molecule has 21 heavy (non-hydrogen) atoms. The fourth-order valence-electron chi connectivity index (χ4n) is 2.40. The van der Waals surface area contributed by atoms with Crippen molar-refractivity contribution in [1.29, 1.82) is 0 Å². The van der Waals surface area contributed by atoms with Crippen LogP contribution < -0.4 is 5.32 Å². The van der Waals surface area contributed by atoms with Crippen LogP contribution in [0.25, 0.3) is 0 Å². The SMILES string of the molecule is CC(C)Cc1ccc(C(C)NCc2ccc(Br)cc2)cc1. The van der Waals surface area contributed by atoms with Crippen molar-refractivity contribution < 1.29 is 0 Å². The van der Waals surface area contributed by atoms with Gasteiger partial charge in [0.25, 0.3) is 0 Å². The molecule has 1 atom stereocenters. The summed E-state index contributed by atoms with van der Waals surface area (Å²) in [5, 5.41) is 3.58. The Morgan fingerprint density at radius 1 is 0.857 bits per heavy atom. The van der Waals surface area contributed by atoms with E-state index < -0.39 is 0 Å². The summed E-state index contributed by atoms with van der Waals surface area (Å²) in [5.74, 6) is 0.712. The van der Waals surface area contributed by atoms with E-state index in [4.69, 9.17) is 0 Å². The van der Waals surface area contributed by atoms with E-state index in [-0.39, 0.29) is 0 Å². The second-order valence-corrected chi connectivity index (χ2v) is 6.98. The van der Waals surface area contributed by atoms with Gasteiger partial charge in [0.2, 0.25) is 0 Å². The molecule has 0 aromatic heterocycles. The highest BCUT2D eigenvalue weighted by molar-refractivity contribution is 9.10. The van der Waals surface area contributed by atoms with Gasteiger partial charge in [-0.2, -0.15) is 0 Å². The molecule has 112 valence electrons. The van der Waals surface area contributed by atoms with Crippen molar-refractivity contribution in [2.75, 3.05) is 0 Å². The molecule has 1 unspecified atom stereocenters. The minimum Gasteiger partial charge on any atom is -0.306 e. The van der Waals surface area contributed by atoms with Crippen LogP contribution in [-0.4, -0.2) is 0 Å². The second-order valence-electron chi connectivity index (χ2n) is 6.07. The van der Waals surface area contributed by atoms with Gasteiger partial charge in [0, 0.05) is 17.1 Å². The Labute approximate surface area is 136 Å². The highest BCUT2D eigenvalue weighted by atomic mass is 79.9. The van der Waals surface area contributed by atoms with Crippen LogP contribution in [0, 0.1) is 5.92 Å². The summed E-state index contributed by atoms with van der Waals surface area (Å²) in [7, 11) is 0. The second kappa shape index (κ2) is 7.77. The highest BCUT2D eigenvalue weighted by Gasteiger charge is 2.05. The lowest BCUT2D eigenvalue weighted by Crippen LogP contribution is -2.18. The van der Waals surface area contributed by atoms with Gasteiger partial charge < -0.3 is 5.32 Å². The molecular formula is C19H24BrN.